The third-order valence-corrected chi connectivity index (χ3v) is 2.86. The fourth-order valence-corrected chi connectivity index (χ4v) is 1.84. The Morgan fingerprint density at radius 1 is 1.42 bits per heavy atom. The van der Waals surface area contributed by atoms with E-state index < -0.39 is 5.82 Å². The minimum absolute atomic E-state index is 0.0125. The molecule has 0 unspecified atom stereocenters. The van der Waals surface area contributed by atoms with Crippen LogP contribution in [-0.2, 0) is 13.1 Å². The molecular formula is C11H9ClFN5O. The minimum Gasteiger partial charge on any atom is -0.439 e. The van der Waals surface area contributed by atoms with Gasteiger partial charge >= 0.3 is 0 Å². The van der Waals surface area contributed by atoms with Gasteiger partial charge in [0.1, 0.15) is 17.9 Å². The maximum absolute atomic E-state index is 13.3. The molecule has 0 aliphatic heterocycles. The summed E-state index contributed by atoms with van der Waals surface area (Å²) in [6.45, 7) is 0.606. The van der Waals surface area contributed by atoms with Gasteiger partial charge in [0.25, 0.3) is 0 Å². The Labute approximate surface area is 112 Å². The fraction of sp³-hybridized carbons (Fsp3) is 0.182. The third-order valence-electron chi connectivity index (χ3n) is 2.57. The molecule has 0 bridgehead atoms. The van der Waals surface area contributed by atoms with Crippen molar-refractivity contribution in [1.29, 1.82) is 0 Å². The molecule has 2 aromatic heterocycles. The van der Waals surface area contributed by atoms with Crippen molar-refractivity contribution in [1.82, 2.24) is 20.0 Å². The van der Waals surface area contributed by atoms with Gasteiger partial charge in [0.2, 0.25) is 5.89 Å². The molecule has 0 aliphatic carbocycles. The first kappa shape index (κ1) is 12.1. The van der Waals surface area contributed by atoms with Gasteiger partial charge in [0.05, 0.1) is 16.9 Å². The van der Waals surface area contributed by atoms with Crippen molar-refractivity contribution >= 4 is 22.7 Å². The van der Waals surface area contributed by atoms with Crippen LogP contribution < -0.4 is 5.73 Å². The largest absolute Gasteiger partial charge is 0.439 e. The number of aromatic nitrogens is 4. The van der Waals surface area contributed by atoms with Crippen molar-refractivity contribution < 1.29 is 8.81 Å². The molecule has 6 nitrogen and oxygen atoms in total. The SMILES string of the molecule is NCc1cn(Cc2nc3cc(Cl)c(F)cc3o2)nn1. The van der Waals surface area contributed by atoms with E-state index in [-0.39, 0.29) is 5.02 Å². The number of benzene rings is 1. The number of nitrogens with zero attached hydrogens (tertiary/aromatic N) is 4. The second-order valence-electron chi connectivity index (χ2n) is 3.95. The molecule has 3 rings (SSSR count). The predicted octanol–water partition coefficient (Wildman–Crippen LogP) is 1.72. The molecule has 0 saturated heterocycles. The molecule has 0 saturated carbocycles. The summed E-state index contributed by atoms with van der Waals surface area (Å²) in [7, 11) is 0. The van der Waals surface area contributed by atoms with Crippen LogP contribution in [0.1, 0.15) is 11.6 Å². The Bertz CT molecular complexity index is 699. The van der Waals surface area contributed by atoms with Crippen LogP contribution in [0.3, 0.4) is 0 Å². The van der Waals surface area contributed by atoms with Crippen molar-refractivity contribution in [2.24, 2.45) is 5.73 Å². The Morgan fingerprint density at radius 3 is 3.00 bits per heavy atom. The fourth-order valence-electron chi connectivity index (χ4n) is 1.69. The number of hydrogen-bond donors (Lipinski definition) is 1. The van der Waals surface area contributed by atoms with Crippen LogP contribution in [0.25, 0.3) is 11.1 Å². The lowest BCUT2D eigenvalue weighted by molar-refractivity contribution is 0.484. The minimum atomic E-state index is -0.539. The number of fused-ring (bicyclic) bond motifs is 1. The summed E-state index contributed by atoms with van der Waals surface area (Å²) in [4.78, 5) is 4.21. The lowest BCUT2D eigenvalue weighted by Crippen LogP contribution is -2.00. The Hall–Kier alpha value is -1.99. The number of halogens is 2. The predicted molar refractivity (Wildman–Crippen MR) is 66.0 cm³/mol. The Balaban J connectivity index is 1.92. The second-order valence-corrected chi connectivity index (χ2v) is 4.36. The van der Waals surface area contributed by atoms with Gasteiger partial charge in [0.15, 0.2) is 5.58 Å². The Kier molecular flexibility index (Phi) is 2.92. The first-order valence-corrected chi connectivity index (χ1v) is 5.87. The highest BCUT2D eigenvalue weighted by molar-refractivity contribution is 6.31. The van der Waals surface area contributed by atoms with Crippen LogP contribution in [0.5, 0.6) is 0 Å². The van der Waals surface area contributed by atoms with Crippen LogP contribution in [0.15, 0.2) is 22.7 Å². The summed E-state index contributed by atoms with van der Waals surface area (Å²) in [5, 5.41) is 7.74. The van der Waals surface area contributed by atoms with Crippen molar-refractivity contribution in [3.8, 4) is 0 Å². The molecule has 8 heteroatoms. The first-order valence-electron chi connectivity index (χ1n) is 5.49. The molecule has 2 heterocycles. The maximum atomic E-state index is 13.3. The average molecular weight is 282 g/mol. The van der Waals surface area contributed by atoms with Crippen LogP contribution >= 0.6 is 11.6 Å². The van der Waals surface area contributed by atoms with Crippen LogP contribution in [-0.4, -0.2) is 20.0 Å². The molecule has 0 radical (unpaired) electrons. The Morgan fingerprint density at radius 2 is 2.26 bits per heavy atom. The number of hydrogen-bond acceptors (Lipinski definition) is 5. The van der Waals surface area contributed by atoms with E-state index in [2.05, 4.69) is 15.3 Å². The van der Waals surface area contributed by atoms with Gasteiger partial charge in [0, 0.05) is 12.6 Å². The van der Waals surface area contributed by atoms with E-state index in [0.717, 1.165) is 0 Å². The topological polar surface area (TPSA) is 82.8 Å². The van der Waals surface area contributed by atoms with Gasteiger partial charge in [-0.3, -0.25) is 0 Å². The molecular weight excluding hydrogens is 273 g/mol. The summed E-state index contributed by atoms with van der Waals surface area (Å²) >= 11 is 5.68. The van der Waals surface area contributed by atoms with Crippen molar-refractivity contribution in [3.63, 3.8) is 0 Å². The summed E-state index contributed by atoms with van der Waals surface area (Å²) in [6.07, 6.45) is 1.70. The van der Waals surface area contributed by atoms with Crippen LogP contribution in [0.4, 0.5) is 4.39 Å². The van der Waals surface area contributed by atoms with Gasteiger partial charge in [-0.1, -0.05) is 16.8 Å². The van der Waals surface area contributed by atoms with Crippen molar-refractivity contribution in [2.75, 3.05) is 0 Å². The quantitative estimate of drug-likeness (QED) is 0.790. The van der Waals surface area contributed by atoms with E-state index in [4.69, 9.17) is 21.8 Å². The molecule has 0 spiro atoms. The lowest BCUT2D eigenvalue weighted by Gasteiger charge is -1.93. The van der Waals surface area contributed by atoms with E-state index in [0.29, 0.717) is 35.8 Å². The van der Waals surface area contributed by atoms with E-state index in [1.54, 1.807) is 10.9 Å². The zero-order chi connectivity index (χ0) is 13.4. The van der Waals surface area contributed by atoms with Gasteiger partial charge in [-0.15, -0.1) is 5.10 Å². The second kappa shape index (κ2) is 4.60. The zero-order valence-electron chi connectivity index (χ0n) is 9.68. The summed E-state index contributed by atoms with van der Waals surface area (Å²) in [5.74, 6) is -0.145. The summed E-state index contributed by atoms with van der Waals surface area (Å²) < 4.78 is 20.2. The number of nitrogens with two attached hydrogens (primary N) is 1. The monoisotopic (exact) mass is 281 g/mol. The molecule has 0 fully saturated rings. The smallest absolute Gasteiger partial charge is 0.217 e. The summed E-state index contributed by atoms with van der Waals surface area (Å²) in [6, 6.07) is 2.63. The standard InChI is InChI=1S/C11H9ClFN5O/c12-7-1-9-10(2-8(7)13)19-11(15-9)5-18-4-6(3-14)16-17-18/h1-2,4H,3,5,14H2. The molecule has 3 aromatic rings. The highest BCUT2D eigenvalue weighted by atomic mass is 35.5. The molecule has 0 aliphatic rings. The van der Waals surface area contributed by atoms with E-state index in [1.807, 2.05) is 0 Å². The van der Waals surface area contributed by atoms with Gasteiger partial charge in [-0.05, 0) is 6.07 Å². The van der Waals surface area contributed by atoms with Gasteiger partial charge < -0.3 is 10.2 Å². The first-order chi connectivity index (χ1) is 9.15. The molecule has 98 valence electrons. The van der Waals surface area contributed by atoms with Crippen LogP contribution in [0, 0.1) is 5.82 Å². The van der Waals surface area contributed by atoms with Gasteiger partial charge in [-0.25, -0.2) is 14.1 Å². The normalized spacial score (nSPS) is 11.3. The average Bonchev–Trinajstić information content (AvgIpc) is 2.97. The van der Waals surface area contributed by atoms with E-state index in [9.17, 15) is 4.39 Å². The number of rotatable bonds is 3. The molecule has 0 amide bonds. The van der Waals surface area contributed by atoms with Crippen molar-refractivity contribution in [3.05, 3.63) is 40.8 Å². The van der Waals surface area contributed by atoms with Gasteiger partial charge in [-0.2, -0.15) is 0 Å². The van der Waals surface area contributed by atoms with Crippen LogP contribution in [0.2, 0.25) is 5.02 Å². The molecule has 2 N–H and O–H groups in total. The maximum Gasteiger partial charge on any atom is 0.217 e. The zero-order valence-corrected chi connectivity index (χ0v) is 10.4. The van der Waals surface area contributed by atoms with Crippen molar-refractivity contribution in [2.45, 2.75) is 13.1 Å². The molecule has 0 atom stereocenters. The lowest BCUT2D eigenvalue weighted by atomic mass is 10.3. The number of oxazole rings is 1. The molecule has 19 heavy (non-hydrogen) atoms. The van der Waals surface area contributed by atoms with E-state index in [1.165, 1.54) is 12.1 Å². The van der Waals surface area contributed by atoms with E-state index >= 15 is 0 Å². The highest BCUT2D eigenvalue weighted by Gasteiger charge is 2.11. The summed E-state index contributed by atoms with van der Waals surface area (Å²) in [5.41, 5.74) is 6.96. The third kappa shape index (κ3) is 2.29. The highest BCUT2D eigenvalue weighted by Crippen LogP contribution is 2.23. The molecule has 1 aromatic carbocycles.